The number of carbonyl (C=O) groups is 1. The number of ether oxygens (including phenoxy) is 1. The second kappa shape index (κ2) is 10.9. The van der Waals surface area contributed by atoms with Crippen LogP contribution in [0.25, 0.3) is 11.0 Å². The molecule has 3 aromatic carbocycles. The summed E-state index contributed by atoms with van der Waals surface area (Å²) in [5.74, 6) is 1.73. The van der Waals surface area contributed by atoms with Gasteiger partial charge in [-0.15, -0.1) is 0 Å². The number of imidazole rings is 1. The van der Waals surface area contributed by atoms with E-state index in [4.69, 9.17) is 9.72 Å². The molecule has 0 saturated carbocycles. The molecule has 1 atom stereocenters. The number of unbranched alkanes of at least 4 members (excludes halogenated alkanes) is 1. The zero-order chi connectivity index (χ0) is 24.1. The first kappa shape index (κ1) is 24.0. The summed E-state index contributed by atoms with van der Waals surface area (Å²) >= 11 is 3.43. The number of carbonyl (C=O) groups excluding carboxylic acids is 1. The van der Waals surface area contributed by atoms with Crippen molar-refractivity contribution in [3.05, 3.63) is 93.7 Å². The van der Waals surface area contributed by atoms with E-state index in [1.54, 1.807) is 0 Å². The van der Waals surface area contributed by atoms with E-state index >= 15 is 0 Å². The van der Waals surface area contributed by atoms with E-state index in [2.05, 4.69) is 63.9 Å². The van der Waals surface area contributed by atoms with Crippen LogP contribution in [0.15, 0.2) is 71.2 Å². The molecule has 4 aromatic rings. The minimum absolute atomic E-state index is 0.116. The van der Waals surface area contributed by atoms with Crippen molar-refractivity contribution in [2.24, 2.45) is 0 Å². The van der Waals surface area contributed by atoms with E-state index in [1.165, 1.54) is 0 Å². The first-order valence-corrected chi connectivity index (χ1v) is 12.4. The second-order valence-electron chi connectivity index (χ2n) is 8.59. The number of benzene rings is 3. The Morgan fingerprint density at radius 1 is 1.03 bits per heavy atom. The highest BCUT2D eigenvalue weighted by Crippen LogP contribution is 2.24. The van der Waals surface area contributed by atoms with Gasteiger partial charge in [-0.05, 0) is 75.1 Å². The standard InChI is InChI=1S/C28H30BrN3O2/c1-19-10-8-11-20(2)26(19)34-17-7-6-16-32-25-15-5-4-14-24(25)31-27(32)21(3)30-28(33)22-12-9-13-23(29)18-22/h4-5,8-15,18,21H,6-7,16-17H2,1-3H3,(H,30,33). The van der Waals surface area contributed by atoms with Crippen molar-refractivity contribution in [1.82, 2.24) is 14.9 Å². The highest BCUT2D eigenvalue weighted by molar-refractivity contribution is 9.10. The molecule has 0 radical (unpaired) electrons. The molecule has 6 heteroatoms. The Hall–Kier alpha value is -3.12. The molecule has 1 unspecified atom stereocenters. The number of aryl methyl sites for hydroxylation is 3. The normalized spacial score (nSPS) is 12.0. The Bertz CT molecular complexity index is 1280. The summed E-state index contributed by atoms with van der Waals surface area (Å²) in [5, 5.41) is 3.11. The van der Waals surface area contributed by atoms with Crippen LogP contribution in [0.3, 0.4) is 0 Å². The van der Waals surface area contributed by atoms with Gasteiger partial charge in [0.2, 0.25) is 0 Å². The molecule has 0 spiro atoms. The van der Waals surface area contributed by atoms with E-state index < -0.39 is 0 Å². The molecule has 0 aliphatic heterocycles. The van der Waals surface area contributed by atoms with Gasteiger partial charge in [0.15, 0.2) is 0 Å². The number of para-hydroxylation sites is 3. The molecule has 0 aliphatic rings. The SMILES string of the molecule is Cc1cccc(C)c1OCCCCn1c(C(C)NC(=O)c2cccc(Br)c2)nc2ccccc21. The minimum Gasteiger partial charge on any atom is -0.493 e. The lowest BCUT2D eigenvalue weighted by Gasteiger charge is -2.17. The van der Waals surface area contributed by atoms with Crippen LogP contribution in [0, 0.1) is 13.8 Å². The highest BCUT2D eigenvalue weighted by Gasteiger charge is 2.19. The maximum absolute atomic E-state index is 12.8. The summed E-state index contributed by atoms with van der Waals surface area (Å²) in [6.45, 7) is 7.62. The zero-order valence-electron chi connectivity index (χ0n) is 19.8. The monoisotopic (exact) mass is 519 g/mol. The van der Waals surface area contributed by atoms with Crippen LogP contribution in [-0.4, -0.2) is 22.1 Å². The quantitative estimate of drug-likeness (QED) is 0.248. The largest absolute Gasteiger partial charge is 0.493 e. The average Bonchev–Trinajstić information content (AvgIpc) is 3.19. The number of rotatable bonds is 9. The van der Waals surface area contributed by atoms with Gasteiger partial charge in [-0.3, -0.25) is 4.79 Å². The lowest BCUT2D eigenvalue weighted by Crippen LogP contribution is -2.28. The average molecular weight is 520 g/mol. The van der Waals surface area contributed by atoms with Crippen LogP contribution in [0.4, 0.5) is 0 Å². The molecular formula is C28H30BrN3O2. The molecule has 0 bridgehead atoms. The first-order chi connectivity index (χ1) is 16.4. The van der Waals surface area contributed by atoms with Gasteiger partial charge in [0, 0.05) is 16.6 Å². The zero-order valence-corrected chi connectivity index (χ0v) is 21.4. The Labute approximate surface area is 209 Å². The smallest absolute Gasteiger partial charge is 0.251 e. The molecule has 1 aromatic heterocycles. The van der Waals surface area contributed by atoms with Crippen LogP contribution >= 0.6 is 15.9 Å². The lowest BCUT2D eigenvalue weighted by molar-refractivity contribution is 0.0937. The van der Waals surface area contributed by atoms with Gasteiger partial charge < -0.3 is 14.6 Å². The van der Waals surface area contributed by atoms with Crippen LogP contribution in [-0.2, 0) is 6.54 Å². The number of hydrogen-bond acceptors (Lipinski definition) is 3. The molecule has 1 amide bonds. The van der Waals surface area contributed by atoms with Crippen molar-refractivity contribution in [2.75, 3.05) is 6.61 Å². The summed E-state index contributed by atoms with van der Waals surface area (Å²) in [5.41, 5.74) is 4.97. The van der Waals surface area contributed by atoms with Gasteiger partial charge in [-0.25, -0.2) is 4.98 Å². The van der Waals surface area contributed by atoms with Crippen molar-refractivity contribution in [2.45, 2.75) is 46.2 Å². The Balaban J connectivity index is 1.44. The maximum atomic E-state index is 12.8. The molecule has 176 valence electrons. The maximum Gasteiger partial charge on any atom is 0.251 e. The third-order valence-corrected chi connectivity index (χ3v) is 6.43. The Kier molecular flexibility index (Phi) is 7.68. The van der Waals surface area contributed by atoms with Crippen molar-refractivity contribution in [3.8, 4) is 5.75 Å². The van der Waals surface area contributed by atoms with E-state index in [0.717, 1.165) is 57.6 Å². The van der Waals surface area contributed by atoms with E-state index in [1.807, 2.05) is 49.4 Å². The summed E-state index contributed by atoms with van der Waals surface area (Å²) in [4.78, 5) is 17.7. The Morgan fingerprint density at radius 3 is 2.53 bits per heavy atom. The van der Waals surface area contributed by atoms with Gasteiger partial charge in [0.25, 0.3) is 5.91 Å². The van der Waals surface area contributed by atoms with Crippen LogP contribution in [0.2, 0.25) is 0 Å². The van der Waals surface area contributed by atoms with Gasteiger partial charge in [0.05, 0.1) is 23.7 Å². The van der Waals surface area contributed by atoms with E-state index in [0.29, 0.717) is 12.2 Å². The number of nitrogens with zero attached hydrogens (tertiary/aromatic N) is 2. The third-order valence-electron chi connectivity index (χ3n) is 5.94. The van der Waals surface area contributed by atoms with Crippen molar-refractivity contribution in [3.63, 3.8) is 0 Å². The molecule has 5 nitrogen and oxygen atoms in total. The first-order valence-electron chi connectivity index (χ1n) is 11.6. The number of nitrogens with one attached hydrogen (secondary N) is 1. The number of hydrogen-bond donors (Lipinski definition) is 1. The van der Waals surface area contributed by atoms with Crippen LogP contribution in [0.1, 0.15) is 53.1 Å². The fourth-order valence-electron chi connectivity index (χ4n) is 4.21. The number of fused-ring (bicyclic) bond motifs is 1. The van der Waals surface area contributed by atoms with Crippen molar-refractivity contribution >= 4 is 32.9 Å². The van der Waals surface area contributed by atoms with Crippen LogP contribution in [0.5, 0.6) is 5.75 Å². The van der Waals surface area contributed by atoms with Crippen molar-refractivity contribution < 1.29 is 9.53 Å². The van der Waals surface area contributed by atoms with Crippen molar-refractivity contribution in [1.29, 1.82) is 0 Å². The lowest BCUT2D eigenvalue weighted by atomic mass is 10.1. The highest BCUT2D eigenvalue weighted by atomic mass is 79.9. The molecule has 0 aliphatic carbocycles. The fraction of sp³-hybridized carbons (Fsp3) is 0.286. The van der Waals surface area contributed by atoms with Gasteiger partial charge in [-0.2, -0.15) is 0 Å². The van der Waals surface area contributed by atoms with E-state index in [-0.39, 0.29) is 11.9 Å². The van der Waals surface area contributed by atoms with Gasteiger partial charge in [-0.1, -0.05) is 52.3 Å². The molecular weight excluding hydrogens is 490 g/mol. The number of amides is 1. The minimum atomic E-state index is -0.232. The third kappa shape index (κ3) is 5.50. The predicted octanol–water partition coefficient (Wildman–Crippen LogP) is 6.77. The molecule has 1 heterocycles. The predicted molar refractivity (Wildman–Crippen MR) is 140 cm³/mol. The summed E-state index contributed by atoms with van der Waals surface area (Å²) in [7, 11) is 0. The fourth-order valence-corrected chi connectivity index (χ4v) is 4.61. The second-order valence-corrected chi connectivity index (χ2v) is 9.51. The molecule has 0 saturated heterocycles. The van der Waals surface area contributed by atoms with Gasteiger partial charge >= 0.3 is 0 Å². The molecule has 1 N–H and O–H groups in total. The molecule has 4 rings (SSSR count). The topological polar surface area (TPSA) is 56.1 Å². The molecule has 0 fully saturated rings. The van der Waals surface area contributed by atoms with E-state index in [9.17, 15) is 4.79 Å². The summed E-state index contributed by atoms with van der Waals surface area (Å²) in [6.07, 6.45) is 1.88. The molecule has 34 heavy (non-hydrogen) atoms. The van der Waals surface area contributed by atoms with Gasteiger partial charge in [0.1, 0.15) is 11.6 Å². The number of aromatic nitrogens is 2. The summed E-state index contributed by atoms with van der Waals surface area (Å²) in [6, 6.07) is 21.5. The summed E-state index contributed by atoms with van der Waals surface area (Å²) < 4.78 is 9.18. The van der Waals surface area contributed by atoms with Crippen LogP contribution < -0.4 is 10.1 Å². The Morgan fingerprint density at radius 2 is 1.76 bits per heavy atom. The number of halogens is 1.